The van der Waals surface area contributed by atoms with Gasteiger partial charge in [-0.3, -0.25) is 14.9 Å². The molecule has 2 amide bonds. The fourth-order valence-electron chi connectivity index (χ4n) is 2.27. The van der Waals surface area contributed by atoms with Crippen molar-refractivity contribution >= 4 is 23.6 Å². The Morgan fingerprint density at radius 2 is 2.06 bits per heavy atom. The molecular weight excluding hydrogens is 226 g/mol. The Hall–Kier alpha value is -0.750. The quantitative estimate of drug-likeness (QED) is 0.652. The molecule has 0 aromatic heterocycles. The largest absolute Gasteiger partial charge is 0.368 e. The van der Waals surface area contributed by atoms with Crippen LogP contribution in [0.4, 0.5) is 0 Å². The molecule has 1 spiro atoms. The van der Waals surface area contributed by atoms with E-state index in [1.165, 1.54) is 0 Å². The predicted octanol–water partition coefficient (Wildman–Crippen LogP) is -0.485. The van der Waals surface area contributed by atoms with Gasteiger partial charge in [0, 0.05) is 25.8 Å². The maximum Gasteiger partial charge on any atom is 0.235 e. The Balaban J connectivity index is 1.93. The Morgan fingerprint density at radius 1 is 1.44 bits per heavy atom. The van der Waals surface area contributed by atoms with Crippen LogP contribution in [0.2, 0.25) is 0 Å². The predicted molar refractivity (Wildman–Crippen MR) is 62.8 cm³/mol. The van der Waals surface area contributed by atoms with E-state index in [9.17, 15) is 9.59 Å². The van der Waals surface area contributed by atoms with E-state index in [-0.39, 0.29) is 22.7 Å². The molecule has 0 unspecified atom stereocenters. The first kappa shape index (κ1) is 11.7. The average Bonchev–Trinajstić information content (AvgIpc) is 2.63. The van der Waals surface area contributed by atoms with Crippen molar-refractivity contribution in [2.45, 2.75) is 30.7 Å². The van der Waals surface area contributed by atoms with Crippen molar-refractivity contribution in [2.75, 3.05) is 18.8 Å². The van der Waals surface area contributed by atoms with Gasteiger partial charge in [0.05, 0.1) is 10.9 Å². The fourth-order valence-corrected chi connectivity index (χ4v) is 3.70. The van der Waals surface area contributed by atoms with Crippen molar-refractivity contribution in [3.8, 4) is 0 Å². The van der Waals surface area contributed by atoms with Crippen LogP contribution in [0.3, 0.4) is 0 Å². The smallest absolute Gasteiger partial charge is 0.235 e. The molecule has 0 bridgehead atoms. The summed E-state index contributed by atoms with van der Waals surface area (Å²) in [6, 6.07) is -0.214. The minimum absolute atomic E-state index is 0.0361. The number of piperidine rings is 1. The second-order valence-corrected chi connectivity index (χ2v) is 5.81. The second-order valence-electron chi connectivity index (χ2n) is 4.41. The summed E-state index contributed by atoms with van der Waals surface area (Å²) in [5.74, 6) is 0.595. The van der Waals surface area contributed by atoms with Gasteiger partial charge in [0.15, 0.2) is 0 Å². The van der Waals surface area contributed by atoms with Crippen LogP contribution in [-0.4, -0.2) is 46.5 Å². The number of primary amides is 1. The van der Waals surface area contributed by atoms with Crippen LogP contribution >= 0.6 is 11.8 Å². The van der Waals surface area contributed by atoms with E-state index in [1.807, 2.05) is 4.90 Å². The minimum Gasteiger partial charge on any atom is -0.368 e. The van der Waals surface area contributed by atoms with Crippen LogP contribution in [0, 0.1) is 0 Å². The third-order valence-corrected chi connectivity index (χ3v) is 4.90. The van der Waals surface area contributed by atoms with Crippen LogP contribution in [0.25, 0.3) is 0 Å². The normalized spacial score (nSPS) is 28.3. The van der Waals surface area contributed by atoms with Gasteiger partial charge in [-0.2, -0.15) is 0 Å². The standard InChI is InChI=1S/C10H17N3O2S/c1-7(14)13-4-2-10(3-5-13)12-8(6-16-10)9(11)15/h8,12H,2-6H2,1H3,(H2,11,15)/t8-/m0/s1. The lowest BCUT2D eigenvalue weighted by atomic mass is 10.0. The highest BCUT2D eigenvalue weighted by molar-refractivity contribution is 8.01. The van der Waals surface area contributed by atoms with Crippen LogP contribution in [0.15, 0.2) is 0 Å². The van der Waals surface area contributed by atoms with Gasteiger partial charge >= 0.3 is 0 Å². The Bertz CT molecular complexity index is 313. The first-order valence-corrected chi connectivity index (χ1v) is 6.47. The van der Waals surface area contributed by atoms with Crippen molar-refractivity contribution in [1.29, 1.82) is 0 Å². The van der Waals surface area contributed by atoms with Crippen molar-refractivity contribution in [2.24, 2.45) is 5.73 Å². The number of hydrogen-bond acceptors (Lipinski definition) is 4. The van der Waals surface area contributed by atoms with Crippen molar-refractivity contribution in [1.82, 2.24) is 10.2 Å². The molecule has 2 heterocycles. The summed E-state index contributed by atoms with van der Waals surface area (Å²) in [7, 11) is 0. The molecule has 2 aliphatic heterocycles. The van der Waals surface area contributed by atoms with Crippen LogP contribution in [-0.2, 0) is 9.59 Å². The first-order valence-electron chi connectivity index (χ1n) is 5.49. The number of nitrogens with zero attached hydrogens (tertiary/aromatic N) is 1. The summed E-state index contributed by atoms with van der Waals surface area (Å²) >= 11 is 1.77. The van der Waals surface area contributed by atoms with Gasteiger partial charge in [-0.1, -0.05) is 0 Å². The van der Waals surface area contributed by atoms with Crippen LogP contribution in [0.1, 0.15) is 19.8 Å². The molecule has 1 atom stereocenters. The summed E-state index contributed by atoms with van der Waals surface area (Å²) in [4.78, 5) is 24.1. The third kappa shape index (κ3) is 2.17. The monoisotopic (exact) mass is 243 g/mol. The number of hydrogen-bond donors (Lipinski definition) is 2. The average molecular weight is 243 g/mol. The maximum absolute atomic E-state index is 11.2. The number of carbonyl (C=O) groups is 2. The van der Waals surface area contributed by atoms with E-state index >= 15 is 0 Å². The SMILES string of the molecule is CC(=O)N1CCC2(CC1)N[C@H](C(N)=O)CS2. The molecule has 0 aromatic carbocycles. The van der Waals surface area contributed by atoms with Gasteiger partial charge in [-0.15, -0.1) is 11.8 Å². The highest BCUT2D eigenvalue weighted by Gasteiger charge is 2.43. The van der Waals surface area contributed by atoms with Crippen molar-refractivity contribution in [3.63, 3.8) is 0 Å². The molecule has 6 heteroatoms. The summed E-state index contributed by atoms with van der Waals surface area (Å²) in [6.45, 7) is 3.13. The summed E-state index contributed by atoms with van der Waals surface area (Å²) in [6.07, 6.45) is 1.78. The number of rotatable bonds is 1. The van der Waals surface area contributed by atoms with Crippen LogP contribution in [0.5, 0.6) is 0 Å². The lowest BCUT2D eigenvalue weighted by Crippen LogP contribution is -2.53. The zero-order valence-corrected chi connectivity index (χ0v) is 10.2. The molecule has 2 rings (SSSR count). The highest BCUT2D eigenvalue weighted by Crippen LogP contribution is 2.38. The zero-order chi connectivity index (χ0) is 11.8. The molecule has 90 valence electrons. The van der Waals surface area contributed by atoms with E-state index in [0.717, 1.165) is 31.7 Å². The van der Waals surface area contributed by atoms with E-state index in [1.54, 1.807) is 18.7 Å². The number of nitrogens with two attached hydrogens (primary N) is 1. The Morgan fingerprint density at radius 3 is 2.50 bits per heavy atom. The molecule has 2 aliphatic rings. The number of likely N-dealkylation sites (tertiary alicyclic amines) is 1. The highest BCUT2D eigenvalue weighted by atomic mass is 32.2. The second kappa shape index (κ2) is 4.25. The van der Waals surface area contributed by atoms with Gasteiger partial charge in [0.2, 0.25) is 11.8 Å². The first-order chi connectivity index (χ1) is 7.52. The molecular formula is C10H17N3O2S. The van der Waals surface area contributed by atoms with E-state index in [2.05, 4.69) is 5.32 Å². The number of nitrogens with one attached hydrogen (secondary N) is 1. The number of amides is 2. The summed E-state index contributed by atoms with van der Waals surface area (Å²) < 4.78 is 0. The summed E-state index contributed by atoms with van der Waals surface area (Å²) in [5, 5.41) is 3.32. The maximum atomic E-state index is 11.2. The molecule has 0 aliphatic carbocycles. The third-order valence-electron chi connectivity index (χ3n) is 3.32. The van der Waals surface area contributed by atoms with Gasteiger partial charge in [0.1, 0.15) is 0 Å². The molecule has 0 saturated carbocycles. The van der Waals surface area contributed by atoms with Gasteiger partial charge in [-0.05, 0) is 12.8 Å². The van der Waals surface area contributed by atoms with Gasteiger partial charge in [0.25, 0.3) is 0 Å². The van der Waals surface area contributed by atoms with Crippen molar-refractivity contribution in [3.05, 3.63) is 0 Å². The fraction of sp³-hybridized carbons (Fsp3) is 0.800. The number of thioether (sulfide) groups is 1. The molecule has 16 heavy (non-hydrogen) atoms. The zero-order valence-electron chi connectivity index (χ0n) is 9.36. The topological polar surface area (TPSA) is 75.4 Å². The van der Waals surface area contributed by atoms with Crippen LogP contribution < -0.4 is 11.1 Å². The molecule has 2 saturated heterocycles. The van der Waals surface area contributed by atoms with E-state index in [4.69, 9.17) is 5.73 Å². The minimum atomic E-state index is -0.279. The molecule has 5 nitrogen and oxygen atoms in total. The van der Waals surface area contributed by atoms with Gasteiger partial charge in [-0.25, -0.2) is 0 Å². The molecule has 3 N–H and O–H groups in total. The Labute approximate surface area is 99.1 Å². The number of carbonyl (C=O) groups excluding carboxylic acids is 2. The van der Waals surface area contributed by atoms with Gasteiger partial charge < -0.3 is 10.6 Å². The Kier molecular flexibility index (Phi) is 3.12. The lowest BCUT2D eigenvalue weighted by molar-refractivity contribution is -0.130. The lowest BCUT2D eigenvalue weighted by Gasteiger charge is -2.38. The molecule has 2 fully saturated rings. The molecule has 0 radical (unpaired) electrons. The van der Waals surface area contributed by atoms with E-state index < -0.39 is 0 Å². The van der Waals surface area contributed by atoms with E-state index in [0.29, 0.717) is 0 Å². The summed E-state index contributed by atoms with van der Waals surface area (Å²) in [5.41, 5.74) is 5.28. The molecule has 0 aromatic rings. The van der Waals surface area contributed by atoms with Crippen molar-refractivity contribution < 1.29 is 9.59 Å².